The summed E-state index contributed by atoms with van der Waals surface area (Å²) in [5, 5.41) is 0. The van der Waals surface area contributed by atoms with Gasteiger partial charge in [0.05, 0.1) is 5.69 Å². The second kappa shape index (κ2) is 4.94. The van der Waals surface area contributed by atoms with Gasteiger partial charge in [0.1, 0.15) is 11.6 Å². The van der Waals surface area contributed by atoms with Gasteiger partial charge in [-0.1, -0.05) is 32.6 Å². The predicted octanol–water partition coefficient (Wildman–Crippen LogP) is 3.80. The maximum absolute atomic E-state index is 6.37. The molecule has 1 saturated carbocycles. The van der Waals surface area contributed by atoms with E-state index in [-0.39, 0.29) is 0 Å². The summed E-state index contributed by atoms with van der Waals surface area (Å²) in [6.45, 7) is 3.36. The summed E-state index contributed by atoms with van der Waals surface area (Å²) < 4.78 is 2.29. The molecule has 2 N–H and O–H groups in total. The van der Waals surface area contributed by atoms with Crippen LogP contribution in [0.4, 0.5) is 5.82 Å². The van der Waals surface area contributed by atoms with Crippen molar-refractivity contribution in [1.29, 1.82) is 0 Å². The number of aromatic nitrogens is 2. The molecule has 1 aromatic rings. The van der Waals surface area contributed by atoms with E-state index in [9.17, 15) is 0 Å². The van der Waals surface area contributed by atoms with Gasteiger partial charge in [-0.3, -0.25) is 0 Å². The molecule has 1 aliphatic carbocycles. The first-order chi connectivity index (χ1) is 8.77. The summed E-state index contributed by atoms with van der Waals surface area (Å²) >= 11 is 0. The molecule has 3 heteroatoms. The molecule has 1 aliphatic heterocycles. The van der Waals surface area contributed by atoms with Gasteiger partial charge in [-0.15, -0.1) is 0 Å². The maximum Gasteiger partial charge on any atom is 0.127 e. The number of hydrogen-bond donors (Lipinski definition) is 1. The van der Waals surface area contributed by atoms with Crippen molar-refractivity contribution in [2.75, 3.05) is 5.73 Å². The summed E-state index contributed by atoms with van der Waals surface area (Å²) in [6, 6.07) is 0. The lowest BCUT2D eigenvalue weighted by Gasteiger charge is -2.20. The van der Waals surface area contributed by atoms with E-state index >= 15 is 0 Å². The average molecular weight is 247 g/mol. The molecule has 3 rings (SSSR count). The molecule has 18 heavy (non-hydrogen) atoms. The molecule has 1 aromatic heterocycles. The van der Waals surface area contributed by atoms with Crippen molar-refractivity contribution < 1.29 is 0 Å². The Morgan fingerprint density at radius 3 is 2.44 bits per heavy atom. The van der Waals surface area contributed by atoms with E-state index < -0.39 is 0 Å². The Morgan fingerprint density at radius 2 is 1.78 bits per heavy atom. The third kappa shape index (κ3) is 2.04. The van der Waals surface area contributed by atoms with Gasteiger partial charge in [-0.05, 0) is 25.7 Å². The Labute approximate surface area is 110 Å². The van der Waals surface area contributed by atoms with Gasteiger partial charge in [0, 0.05) is 18.4 Å². The minimum Gasteiger partial charge on any atom is -0.384 e. The first-order valence-electron chi connectivity index (χ1n) is 7.63. The first-order valence-corrected chi connectivity index (χ1v) is 7.63. The third-order valence-electron chi connectivity index (χ3n) is 4.77. The molecular weight excluding hydrogens is 222 g/mol. The number of rotatable bonds is 1. The zero-order chi connectivity index (χ0) is 12.5. The van der Waals surface area contributed by atoms with Gasteiger partial charge < -0.3 is 10.3 Å². The molecule has 2 aliphatic rings. The van der Waals surface area contributed by atoms with Gasteiger partial charge in [0.2, 0.25) is 0 Å². The lowest BCUT2D eigenvalue weighted by molar-refractivity contribution is 0.467. The summed E-state index contributed by atoms with van der Waals surface area (Å²) in [5.41, 5.74) is 7.59. The fraction of sp³-hybridized carbons (Fsp3) is 0.800. The van der Waals surface area contributed by atoms with Gasteiger partial charge >= 0.3 is 0 Å². The normalized spacial score (nSPS) is 25.7. The first kappa shape index (κ1) is 12.1. The minimum atomic E-state index is 0.584. The van der Waals surface area contributed by atoms with E-state index in [2.05, 4.69) is 11.5 Å². The predicted molar refractivity (Wildman–Crippen MR) is 74.7 cm³/mol. The lowest BCUT2D eigenvalue weighted by Crippen LogP contribution is -2.15. The van der Waals surface area contributed by atoms with Crippen molar-refractivity contribution in [2.45, 2.75) is 76.7 Å². The lowest BCUT2D eigenvalue weighted by atomic mass is 9.96. The van der Waals surface area contributed by atoms with Crippen molar-refractivity contribution in [3.63, 3.8) is 0 Å². The standard InChI is InChI=1S/C15H25N3/c1-11-7-6-10-18-14(16)13(17-15(11)18)12-8-4-2-3-5-9-12/h11-12H,2-10,16H2,1H3. The van der Waals surface area contributed by atoms with Crippen LogP contribution in [0.25, 0.3) is 0 Å². The SMILES string of the molecule is CC1CCCn2c1nc(C1CCCCCC1)c2N. The number of fused-ring (bicyclic) bond motifs is 1. The topological polar surface area (TPSA) is 43.8 Å². The molecule has 1 atom stereocenters. The van der Waals surface area contributed by atoms with Gasteiger partial charge in [0.25, 0.3) is 0 Å². The number of anilines is 1. The fourth-order valence-corrected chi connectivity index (χ4v) is 3.65. The number of imidazole rings is 1. The van der Waals surface area contributed by atoms with E-state index in [0.29, 0.717) is 11.8 Å². The van der Waals surface area contributed by atoms with E-state index in [1.807, 2.05) is 0 Å². The Hall–Kier alpha value is -0.990. The Kier molecular flexibility index (Phi) is 3.31. The molecule has 0 saturated heterocycles. The van der Waals surface area contributed by atoms with Crippen molar-refractivity contribution in [3.05, 3.63) is 11.5 Å². The van der Waals surface area contributed by atoms with Crippen molar-refractivity contribution in [1.82, 2.24) is 9.55 Å². The van der Waals surface area contributed by atoms with Crippen LogP contribution in [0.15, 0.2) is 0 Å². The summed E-state index contributed by atoms with van der Waals surface area (Å²) in [5.74, 6) is 3.43. The second-order valence-corrected chi connectivity index (χ2v) is 6.12. The van der Waals surface area contributed by atoms with E-state index in [4.69, 9.17) is 10.7 Å². The van der Waals surface area contributed by atoms with Crippen LogP contribution in [0.1, 0.15) is 81.6 Å². The van der Waals surface area contributed by atoms with Crippen LogP contribution < -0.4 is 5.73 Å². The second-order valence-electron chi connectivity index (χ2n) is 6.12. The van der Waals surface area contributed by atoms with Gasteiger partial charge in [0.15, 0.2) is 0 Å². The highest BCUT2D eigenvalue weighted by Crippen LogP contribution is 2.37. The number of nitrogen functional groups attached to an aromatic ring is 1. The number of nitrogens with zero attached hydrogens (tertiary/aromatic N) is 2. The highest BCUT2D eigenvalue weighted by Gasteiger charge is 2.27. The molecule has 0 radical (unpaired) electrons. The molecule has 3 nitrogen and oxygen atoms in total. The fourth-order valence-electron chi connectivity index (χ4n) is 3.65. The molecule has 0 bridgehead atoms. The monoisotopic (exact) mass is 247 g/mol. The van der Waals surface area contributed by atoms with E-state index in [0.717, 1.165) is 12.4 Å². The van der Waals surface area contributed by atoms with Crippen molar-refractivity contribution in [3.8, 4) is 0 Å². The Bertz CT molecular complexity index is 414. The van der Waals surface area contributed by atoms with Crippen LogP contribution in [0, 0.1) is 0 Å². The molecule has 1 fully saturated rings. The zero-order valence-electron chi connectivity index (χ0n) is 11.5. The molecule has 0 spiro atoms. The Balaban J connectivity index is 1.92. The van der Waals surface area contributed by atoms with Crippen molar-refractivity contribution >= 4 is 5.82 Å². The summed E-state index contributed by atoms with van der Waals surface area (Å²) in [4.78, 5) is 4.93. The maximum atomic E-state index is 6.37. The highest BCUT2D eigenvalue weighted by atomic mass is 15.2. The van der Waals surface area contributed by atoms with Gasteiger partial charge in [-0.2, -0.15) is 0 Å². The van der Waals surface area contributed by atoms with E-state index in [1.165, 1.54) is 62.9 Å². The smallest absolute Gasteiger partial charge is 0.127 e. The Morgan fingerprint density at radius 1 is 1.06 bits per heavy atom. The number of nitrogens with two attached hydrogens (primary N) is 1. The van der Waals surface area contributed by atoms with Crippen LogP contribution in [0.5, 0.6) is 0 Å². The average Bonchev–Trinajstić information content (AvgIpc) is 2.57. The zero-order valence-corrected chi connectivity index (χ0v) is 11.5. The molecule has 100 valence electrons. The molecule has 2 heterocycles. The third-order valence-corrected chi connectivity index (χ3v) is 4.77. The summed E-state index contributed by atoms with van der Waals surface area (Å²) in [6.07, 6.45) is 10.6. The quantitative estimate of drug-likeness (QED) is 0.767. The van der Waals surface area contributed by atoms with Crippen LogP contribution in [0.2, 0.25) is 0 Å². The molecule has 0 amide bonds. The van der Waals surface area contributed by atoms with Crippen LogP contribution in [0.3, 0.4) is 0 Å². The minimum absolute atomic E-state index is 0.584. The van der Waals surface area contributed by atoms with Crippen LogP contribution >= 0.6 is 0 Å². The largest absolute Gasteiger partial charge is 0.384 e. The van der Waals surface area contributed by atoms with Gasteiger partial charge in [-0.25, -0.2) is 4.98 Å². The highest BCUT2D eigenvalue weighted by molar-refractivity contribution is 5.42. The molecular formula is C15H25N3. The molecule has 0 aromatic carbocycles. The van der Waals surface area contributed by atoms with Crippen LogP contribution in [-0.2, 0) is 6.54 Å². The van der Waals surface area contributed by atoms with E-state index in [1.54, 1.807) is 0 Å². The molecule has 1 unspecified atom stereocenters. The number of hydrogen-bond acceptors (Lipinski definition) is 2. The van der Waals surface area contributed by atoms with Crippen molar-refractivity contribution in [2.24, 2.45) is 0 Å². The summed E-state index contributed by atoms with van der Waals surface area (Å²) in [7, 11) is 0. The van der Waals surface area contributed by atoms with Crippen LogP contribution in [-0.4, -0.2) is 9.55 Å².